The molecule has 0 bridgehead atoms. The Hall–Kier alpha value is -1.06. The van der Waals surface area contributed by atoms with E-state index >= 15 is 0 Å². The zero-order chi connectivity index (χ0) is 13.6. The van der Waals surface area contributed by atoms with Crippen molar-refractivity contribution < 1.29 is 9.47 Å². The molecule has 0 aliphatic carbocycles. The van der Waals surface area contributed by atoms with Crippen LogP contribution < -0.4 is 10.5 Å². The van der Waals surface area contributed by atoms with E-state index in [1.807, 2.05) is 26.0 Å². The summed E-state index contributed by atoms with van der Waals surface area (Å²) in [6.45, 7) is 6.71. The van der Waals surface area contributed by atoms with Crippen molar-refractivity contribution in [1.29, 1.82) is 0 Å². The number of hydrogen-bond donors (Lipinski definition) is 1. The lowest BCUT2D eigenvalue weighted by molar-refractivity contribution is -0.0663. The van der Waals surface area contributed by atoms with E-state index in [4.69, 9.17) is 15.2 Å². The smallest absolute Gasteiger partial charge is 0.118 e. The summed E-state index contributed by atoms with van der Waals surface area (Å²) in [5, 5.41) is 0. The predicted molar refractivity (Wildman–Crippen MR) is 75.0 cm³/mol. The Labute approximate surface area is 110 Å². The van der Waals surface area contributed by atoms with Gasteiger partial charge in [-0.05, 0) is 51.3 Å². The maximum absolute atomic E-state index is 5.90. The molecule has 102 valence electrons. The van der Waals surface area contributed by atoms with Crippen LogP contribution in [0.3, 0.4) is 0 Å². The van der Waals surface area contributed by atoms with Gasteiger partial charge < -0.3 is 15.2 Å². The van der Waals surface area contributed by atoms with Gasteiger partial charge in [-0.2, -0.15) is 0 Å². The molecule has 0 saturated carbocycles. The number of methoxy groups -OCH3 is 1. The van der Waals surface area contributed by atoms with Crippen molar-refractivity contribution in [2.45, 2.75) is 45.3 Å². The molecule has 1 aromatic carbocycles. The van der Waals surface area contributed by atoms with Gasteiger partial charge in [0.25, 0.3) is 0 Å². The minimum Gasteiger partial charge on any atom is -0.497 e. The zero-order valence-corrected chi connectivity index (χ0v) is 11.9. The van der Waals surface area contributed by atoms with Crippen molar-refractivity contribution in [3.05, 3.63) is 29.8 Å². The molecular weight excluding hydrogens is 226 g/mol. The van der Waals surface area contributed by atoms with Crippen LogP contribution in [0.1, 0.15) is 32.8 Å². The Morgan fingerprint density at radius 3 is 2.28 bits per heavy atom. The summed E-state index contributed by atoms with van der Waals surface area (Å²) in [5.41, 5.74) is 6.86. The van der Waals surface area contributed by atoms with Gasteiger partial charge in [0.05, 0.1) is 18.8 Å². The summed E-state index contributed by atoms with van der Waals surface area (Å²) >= 11 is 0. The van der Waals surface area contributed by atoms with Gasteiger partial charge in [0, 0.05) is 6.54 Å². The molecule has 3 nitrogen and oxygen atoms in total. The van der Waals surface area contributed by atoms with E-state index < -0.39 is 0 Å². The SMILES string of the molecule is COc1ccc(CCC(C)(CN)OC(C)C)cc1. The van der Waals surface area contributed by atoms with Crippen molar-refractivity contribution in [3.8, 4) is 5.75 Å². The average molecular weight is 251 g/mol. The lowest BCUT2D eigenvalue weighted by atomic mass is 9.96. The second kappa shape index (κ2) is 6.76. The van der Waals surface area contributed by atoms with Crippen molar-refractivity contribution in [1.82, 2.24) is 0 Å². The normalized spacial score (nSPS) is 14.6. The summed E-state index contributed by atoms with van der Waals surface area (Å²) < 4.78 is 11.0. The van der Waals surface area contributed by atoms with Crippen molar-refractivity contribution >= 4 is 0 Å². The summed E-state index contributed by atoms with van der Waals surface area (Å²) in [4.78, 5) is 0. The number of ether oxygens (including phenoxy) is 2. The molecule has 1 atom stereocenters. The van der Waals surface area contributed by atoms with E-state index in [-0.39, 0.29) is 11.7 Å². The first-order valence-electron chi connectivity index (χ1n) is 6.50. The molecular formula is C15H25NO2. The highest BCUT2D eigenvalue weighted by Gasteiger charge is 2.24. The third kappa shape index (κ3) is 4.67. The van der Waals surface area contributed by atoms with Gasteiger partial charge in [0.15, 0.2) is 0 Å². The number of rotatable bonds is 7. The molecule has 0 aliphatic rings. The molecule has 1 aromatic rings. The Bertz CT molecular complexity index is 348. The minimum absolute atomic E-state index is 0.203. The van der Waals surface area contributed by atoms with Crippen LogP contribution >= 0.6 is 0 Å². The van der Waals surface area contributed by atoms with E-state index in [0.29, 0.717) is 6.54 Å². The molecule has 0 amide bonds. The largest absolute Gasteiger partial charge is 0.497 e. The fourth-order valence-corrected chi connectivity index (χ4v) is 1.98. The summed E-state index contributed by atoms with van der Waals surface area (Å²) in [5.74, 6) is 0.888. The molecule has 18 heavy (non-hydrogen) atoms. The maximum Gasteiger partial charge on any atom is 0.118 e. The highest BCUT2D eigenvalue weighted by molar-refractivity contribution is 5.27. The molecule has 0 heterocycles. The van der Waals surface area contributed by atoms with Crippen LogP contribution in [0.2, 0.25) is 0 Å². The van der Waals surface area contributed by atoms with Crippen LogP contribution in [0, 0.1) is 0 Å². The Morgan fingerprint density at radius 2 is 1.83 bits per heavy atom. The van der Waals surface area contributed by atoms with Gasteiger partial charge in [-0.25, -0.2) is 0 Å². The van der Waals surface area contributed by atoms with Crippen LogP contribution in [0.25, 0.3) is 0 Å². The molecule has 0 radical (unpaired) electrons. The third-order valence-electron chi connectivity index (χ3n) is 3.05. The highest BCUT2D eigenvalue weighted by atomic mass is 16.5. The summed E-state index contributed by atoms with van der Waals surface area (Å²) in [7, 11) is 1.68. The van der Waals surface area contributed by atoms with Crippen molar-refractivity contribution in [3.63, 3.8) is 0 Å². The Morgan fingerprint density at radius 1 is 1.22 bits per heavy atom. The zero-order valence-electron chi connectivity index (χ0n) is 11.9. The second-order valence-electron chi connectivity index (χ2n) is 5.17. The van der Waals surface area contributed by atoms with Gasteiger partial charge in [-0.1, -0.05) is 12.1 Å². The molecule has 1 rings (SSSR count). The Kier molecular flexibility index (Phi) is 5.63. The molecule has 0 spiro atoms. The van der Waals surface area contributed by atoms with Gasteiger partial charge in [0.2, 0.25) is 0 Å². The monoisotopic (exact) mass is 251 g/mol. The fourth-order valence-electron chi connectivity index (χ4n) is 1.98. The van der Waals surface area contributed by atoms with E-state index in [9.17, 15) is 0 Å². The molecule has 1 unspecified atom stereocenters. The predicted octanol–water partition coefficient (Wildman–Crippen LogP) is 2.77. The quantitative estimate of drug-likeness (QED) is 0.810. The van der Waals surface area contributed by atoms with E-state index in [0.717, 1.165) is 18.6 Å². The third-order valence-corrected chi connectivity index (χ3v) is 3.05. The number of hydrogen-bond acceptors (Lipinski definition) is 3. The highest BCUT2D eigenvalue weighted by Crippen LogP contribution is 2.20. The molecule has 0 aliphatic heterocycles. The average Bonchev–Trinajstić information content (AvgIpc) is 2.36. The van der Waals surface area contributed by atoms with E-state index in [2.05, 4.69) is 19.1 Å². The van der Waals surface area contributed by atoms with Crippen LogP contribution in [0.5, 0.6) is 5.75 Å². The number of aryl methyl sites for hydroxylation is 1. The molecule has 3 heteroatoms. The van der Waals surface area contributed by atoms with Crippen LogP contribution in [0.4, 0.5) is 0 Å². The fraction of sp³-hybridized carbons (Fsp3) is 0.600. The second-order valence-corrected chi connectivity index (χ2v) is 5.17. The van der Waals surface area contributed by atoms with Crippen LogP contribution in [0.15, 0.2) is 24.3 Å². The molecule has 0 fully saturated rings. The molecule has 0 saturated heterocycles. The molecule has 0 aromatic heterocycles. The lowest BCUT2D eigenvalue weighted by Gasteiger charge is -2.30. The summed E-state index contributed by atoms with van der Waals surface area (Å²) in [6.07, 6.45) is 2.09. The maximum atomic E-state index is 5.90. The first kappa shape index (κ1) is 15.0. The summed E-state index contributed by atoms with van der Waals surface area (Å²) in [6, 6.07) is 8.15. The first-order chi connectivity index (χ1) is 8.49. The minimum atomic E-state index is -0.242. The van der Waals surface area contributed by atoms with Crippen molar-refractivity contribution in [2.24, 2.45) is 5.73 Å². The van der Waals surface area contributed by atoms with Gasteiger partial charge >= 0.3 is 0 Å². The van der Waals surface area contributed by atoms with Crippen LogP contribution in [-0.4, -0.2) is 25.4 Å². The van der Waals surface area contributed by atoms with E-state index in [1.165, 1.54) is 5.56 Å². The van der Waals surface area contributed by atoms with E-state index in [1.54, 1.807) is 7.11 Å². The lowest BCUT2D eigenvalue weighted by Crippen LogP contribution is -2.40. The number of benzene rings is 1. The first-order valence-corrected chi connectivity index (χ1v) is 6.50. The van der Waals surface area contributed by atoms with Crippen LogP contribution in [-0.2, 0) is 11.2 Å². The van der Waals surface area contributed by atoms with Crippen molar-refractivity contribution in [2.75, 3.05) is 13.7 Å². The molecule has 2 N–H and O–H groups in total. The topological polar surface area (TPSA) is 44.5 Å². The number of nitrogens with two attached hydrogens (primary N) is 1. The van der Waals surface area contributed by atoms with Gasteiger partial charge in [0.1, 0.15) is 5.75 Å². The van der Waals surface area contributed by atoms with Gasteiger partial charge in [-0.3, -0.25) is 0 Å². The Balaban J connectivity index is 2.56. The van der Waals surface area contributed by atoms with Gasteiger partial charge in [-0.15, -0.1) is 0 Å². The standard InChI is InChI=1S/C15H25NO2/c1-12(2)18-15(3,11-16)10-9-13-5-7-14(17-4)8-6-13/h5-8,12H,9-11,16H2,1-4H3.